The molecule has 368 valence electrons. The van der Waals surface area contributed by atoms with Crippen LogP contribution in [0.5, 0.6) is 0 Å². The fraction of sp³-hybridized carbons (Fsp3) is 0.644. The zero-order valence-corrected chi connectivity index (χ0v) is 42.0. The van der Waals surface area contributed by atoms with Crippen molar-refractivity contribution in [3.63, 3.8) is 0 Å². The molecular weight excluding hydrogens is 805 g/mol. The van der Waals surface area contributed by atoms with Gasteiger partial charge in [0.05, 0.1) is 0 Å². The Morgan fingerprint density at radius 2 is 0.662 bits per heavy atom. The average molecular weight is 901 g/mol. The largest absolute Gasteiger partial charge is 0.462 e. The van der Waals surface area contributed by atoms with Gasteiger partial charge in [0.25, 0.3) is 0 Å². The smallest absolute Gasteiger partial charge is 0.306 e. The van der Waals surface area contributed by atoms with Gasteiger partial charge in [-0.05, 0) is 109 Å². The van der Waals surface area contributed by atoms with Crippen molar-refractivity contribution in [1.82, 2.24) is 0 Å². The SMILES string of the molecule is CC/C=C\C/C=C\C/C=C\C/C=C\C/C=C\CCCC(=O)OCC(COC(=O)CCCCCCCCC/C=C\C/C=C\CC)OC(=O)CCCCC/C=C\C=C/CCCCCCCCC. The van der Waals surface area contributed by atoms with E-state index in [1.54, 1.807) is 0 Å². The predicted molar refractivity (Wildman–Crippen MR) is 279 cm³/mol. The fourth-order valence-corrected chi connectivity index (χ4v) is 6.86. The molecule has 0 aromatic rings. The maximum atomic E-state index is 12.8. The molecule has 0 aromatic heterocycles. The molecule has 0 amide bonds. The summed E-state index contributed by atoms with van der Waals surface area (Å²) in [4.78, 5) is 38.0. The van der Waals surface area contributed by atoms with Crippen LogP contribution in [-0.4, -0.2) is 37.2 Å². The highest BCUT2D eigenvalue weighted by Gasteiger charge is 2.19. The van der Waals surface area contributed by atoms with Crippen molar-refractivity contribution < 1.29 is 28.6 Å². The number of hydrogen-bond donors (Lipinski definition) is 0. The Hall–Kier alpha value is -3.93. The van der Waals surface area contributed by atoms with Gasteiger partial charge >= 0.3 is 17.9 Å². The number of esters is 3. The van der Waals surface area contributed by atoms with Gasteiger partial charge in [0.1, 0.15) is 13.2 Å². The molecule has 0 fully saturated rings. The summed E-state index contributed by atoms with van der Waals surface area (Å²) >= 11 is 0. The fourth-order valence-electron chi connectivity index (χ4n) is 6.86. The minimum Gasteiger partial charge on any atom is -0.462 e. The summed E-state index contributed by atoms with van der Waals surface area (Å²) in [6.45, 7) is 6.32. The number of hydrogen-bond acceptors (Lipinski definition) is 6. The Morgan fingerprint density at radius 1 is 0.338 bits per heavy atom. The quantitative estimate of drug-likeness (QED) is 0.0199. The second-order valence-corrected chi connectivity index (χ2v) is 17.0. The van der Waals surface area contributed by atoms with E-state index in [1.165, 1.54) is 70.6 Å². The second-order valence-electron chi connectivity index (χ2n) is 17.0. The van der Waals surface area contributed by atoms with E-state index in [0.717, 1.165) is 109 Å². The van der Waals surface area contributed by atoms with Gasteiger partial charge in [-0.3, -0.25) is 14.4 Å². The van der Waals surface area contributed by atoms with E-state index in [2.05, 4.69) is 130 Å². The van der Waals surface area contributed by atoms with E-state index in [-0.39, 0.29) is 44.0 Å². The lowest BCUT2D eigenvalue weighted by Gasteiger charge is -2.18. The monoisotopic (exact) mass is 901 g/mol. The molecule has 1 unspecified atom stereocenters. The lowest BCUT2D eigenvalue weighted by molar-refractivity contribution is -0.167. The summed E-state index contributed by atoms with van der Waals surface area (Å²) in [5, 5.41) is 0. The molecule has 0 saturated carbocycles. The van der Waals surface area contributed by atoms with Crippen molar-refractivity contribution in [3.05, 3.63) is 109 Å². The first-order chi connectivity index (χ1) is 32.0. The van der Waals surface area contributed by atoms with Crippen LogP contribution in [0.3, 0.4) is 0 Å². The van der Waals surface area contributed by atoms with Gasteiger partial charge in [0.2, 0.25) is 0 Å². The van der Waals surface area contributed by atoms with Crippen LogP contribution >= 0.6 is 0 Å². The molecule has 1 atom stereocenters. The lowest BCUT2D eigenvalue weighted by Crippen LogP contribution is -2.30. The lowest BCUT2D eigenvalue weighted by atomic mass is 10.1. The van der Waals surface area contributed by atoms with Gasteiger partial charge in [0.15, 0.2) is 6.10 Å². The molecule has 0 rings (SSSR count). The van der Waals surface area contributed by atoms with Gasteiger partial charge in [0, 0.05) is 19.3 Å². The van der Waals surface area contributed by atoms with Gasteiger partial charge in [-0.25, -0.2) is 0 Å². The zero-order chi connectivity index (χ0) is 47.2. The van der Waals surface area contributed by atoms with E-state index in [4.69, 9.17) is 14.2 Å². The molecule has 6 heteroatoms. The Bertz CT molecular complexity index is 1360. The topological polar surface area (TPSA) is 78.9 Å². The molecule has 0 bridgehead atoms. The molecule has 0 radical (unpaired) electrons. The van der Waals surface area contributed by atoms with Crippen LogP contribution in [0.2, 0.25) is 0 Å². The molecule has 0 heterocycles. The number of ether oxygens (including phenoxy) is 3. The van der Waals surface area contributed by atoms with Crippen LogP contribution in [0, 0.1) is 0 Å². The van der Waals surface area contributed by atoms with Crippen molar-refractivity contribution in [1.29, 1.82) is 0 Å². The number of allylic oxidation sites excluding steroid dienone is 18. The molecule has 0 spiro atoms. The molecule has 6 nitrogen and oxygen atoms in total. The number of unbranched alkanes of at least 4 members (excludes halogenated alkanes) is 18. The summed E-state index contributed by atoms with van der Waals surface area (Å²) in [7, 11) is 0. The van der Waals surface area contributed by atoms with Crippen LogP contribution in [0.1, 0.15) is 226 Å². The van der Waals surface area contributed by atoms with Crippen molar-refractivity contribution >= 4 is 17.9 Å². The summed E-state index contributed by atoms with van der Waals surface area (Å²) in [5.74, 6) is -1.01. The first-order valence-corrected chi connectivity index (χ1v) is 26.4. The minimum atomic E-state index is -0.820. The first kappa shape index (κ1) is 61.1. The molecular formula is C59H96O6. The van der Waals surface area contributed by atoms with Gasteiger partial charge in [-0.2, -0.15) is 0 Å². The molecule has 0 saturated heterocycles. The van der Waals surface area contributed by atoms with Crippen molar-refractivity contribution in [2.24, 2.45) is 0 Å². The molecule has 0 aliphatic carbocycles. The third kappa shape index (κ3) is 50.9. The van der Waals surface area contributed by atoms with E-state index in [0.29, 0.717) is 12.8 Å². The highest BCUT2D eigenvalue weighted by molar-refractivity contribution is 5.71. The molecule has 0 aliphatic rings. The Kier molecular flexibility index (Phi) is 49.5. The standard InChI is InChI=1S/C59H96O6/c1-4-7-10-13-16-19-22-25-28-30-32-34-37-40-43-46-49-52-58(61)64-55-56(54-63-57(60)51-48-45-42-39-36-33-27-24-21-18-15-12-9-6-3)65-59(62)53-50-47-44-41-38-35-31-29-26-23-20-17-14-11-8-5-2/h7,9-10,12,16,18-19,21,25,28-29,31-32,34-35,38,40,43,56H,4-6,8,11,13-15,17,20,22-24,26-27,30,33,36-37,39,41-42,44-55H2,1-3H3/b10-7-,12-9-,19-16-,21-18-,28-25-,31-29-,34-32-,38-35-,43-40-. The third-order valence-corrected chi connectivity index (χ3v) is 10.8. The first-order valence-electron chi connectivity index (χ1n) is 26.4. The van der Waals surface area contributed by atoms with E-state index < -0.39 is 6.10 Å². The third-order valence-electron chi connectivity index (χ3n) is 10.8. The van der Waals surface area contributed by atoms with Gasteiger partial charge in [-0.15, -0.1) is 0 Å². The molecule has 0 N–H and O–H groups in total. The minimum absolute atomic E-state index is 0.113. The van der Waals surface area contributed by atoms with Crippen molar-refractivity contribution in [2.75, 3.05) is 13.2 Å². The van der Waals surface area contributed by atoms with Gasteiger partial charge < -0.3 is 14.2 Å². The van der Waals surface area contributed by atoms with Gasteiger partial charge in [-0.1, -0.05) is 207 Å². The second kappa shape index (κ2) is 52.7. The predicted octanol–water partition coefficient (Wildman–Crippen LogP) is 17.5. The van der Waals surface area contributed by atoms with Crippen molar-refractivity contribution in [2.45, 2.75) is 232 Å². The Labute approximate surface area is 400 Å². The summed E-state index contributed by atoms with van der Waals surface area (Å²) < 4.78 is 16.7. The zero-order valence-electron chi connectivity index (χ0n) is 42.0. The molecule has 0 aromatic carbocycles. The van der Waals surface area contributed by atoms with Crippen LogP contribution in [-0.2, 0) is 28.6 Å². The maximum Gasteiger partial charge on any atom is 0.306 e. The number of rotatable bonds is 46. The normalized spacial score (nSPS) is 13.0. The average Bonchev–Trinajstić information content (AvgIpc) is 3.30. The van der Waals surface area contributed by atoms with Crippen LogP contribution in [0.15, 0.2) is 109 Å². The highest BCUT2D eigenvalue weighted by Crippen LogP contribution is 2.13. The van der Waals surface area contributed by atoms with Crippen LogP contribution < -0.4 is 0 Å². The number of carbonyl (C=O) groups is 3. The van der Waals surface area contributed by atoms with E-state index in [1.807, 2.05) is 0 Å². The highest BCUT2D eigenvalue weighted by atomic mass is 16.6. The van der Waals surface area contributed by atoms with E-state index in [9.17, 15) is 14.4 Å². The maximum absolute atomic E-state index is 12.8. The number of carbonyl (C=O) groups excluding carboxylic acids is 3. The summed E-state index contributed by atoms with van der Waals surface area (Å²) in [5.41, 5.74) is 0. The van der Waals surface area contributed by atoms with Crippen LogP contribution in [0.4, 0.5) is 0 Å². The Balaban J connectivity index is 4.55. The molecule has 65 heavy (non-hydrogen) atoms. The van der Waals surface area contributed by atoms with Crippen LogP contribution in [0.25, 0.3) is 0 Å². The Morgan fingerprint density at radius 3 is 1.11 bits per heavy atom. The summed E-state index contributed by atoms with van der Waals surface area (Å²) in [6.07, 6.45) is 70.8. The van der Waals surface area contributed by atoms with Crippen molar-refractivity contribution in [3.8, 4) is 0 Å². The van der Waals surface area contributed by atoms with E-state index >= 15 is 0 Å². The summed E-state index contributed by atoms with van der Waals surface area (Å²) in [6, 6.07) is 0. The molecule has 0 aliphatic heterocycles.